The Morgan fingerprint density at radius 1 is 0.880 bits per heavy atom. The summed E-state index contributed by atoms with van der Waals surface area (Å²) in [6, 6.07) is 12.4. The smallest absolute Gasteiger partial charge is 0.258 e. The first kappa shape index (κ1) is 20.5. The van der Waals surface area contributed by atoms with Crippen LogP contribution in [-0.2, 0) is 21.2 Å². The number of para-hydroxylation sites is 2. The minimum atomic E-state index is -3.77. The van der Waals surface area contributed by atoms with Gasteiger partial charge >= 0.3 is 0 Å². The lowest BCUT2D eigenvalue weighted by Crippen LogP contribution is -1.99. The lowest BCUT2D eigenvalue weighted by molar-refractivity contribution is -0.385. The van der Waals surface area contributed by atoms with Crippen LogP contribution in [0.3, 0.4) is 0 Å². The van der Waals surface area contributed by atoms with Gasteiger partial charge in [0.2, 0.25) is 9.05 Å². The van der Waals surface area contributed by atoms with E-state index < -0.39 is 19.7 Å². The molecule has 8 nitrogen and oxygen atoms in total. The number of nitro benzene ring substituents is 2. The fourth-order valence-corrected chi connectivity index (χ4v) is 2.95. The molecule has 0 N–H and O–H groups in total. The van der Waals surface area contributed by atoms with Crippen LogP contribution < -0.4 is 0 Å². The van der Waals surface area contributed by atoms with Crippen LogP contribution in [0.5, 0.6) is 0 Å². The van der Waals surface area contributed by atoms with Gasteiger partial charge in [0.15, 0.2) is 0 Å². The van der Waals surface area contributed by atoms with Crippen molar-refractivity contribution in [1.82, 2.24) is 0 Å². The van der Waals surface area contributed by atoms with Crippen molar-refractivity contribution >= 4 is 31.1 Å². The zero-order valence-electron chi connectivity index (χ0n) is 13.2. The number of nitro groups is 2. The molecule has 0 atom stereocenters. The number of hydrogen-bond donors (Lipinski definition) is 0. The van der Waals surface area contributed by atoms with Gasteiger partial charge in [-0.3, -0.25) is 20.2 Å². The molecule has 10 heteroatoms. The first-order chi connectivity index (χ1) is 11.7. The highest BCUT2D eigenvalue weighted by atomic mass is 35.7. The molecule has 0 heterocycles. The lowest BCUT2D eigenvalue weighted by atomic mass is 10.1. The average molecular weight is 387 g/mol. The highest BCUT2D eigenvalue weighted by Gasteiger charge is 2.17. The second-order valence-electron chi connectivity index (χ2n) is 4.81. The van der Waals surface area contributed by atoms with Gasteiger partial charge in [0.25, 0.3) is 11.4 Å². The highest BCUT2D eigenvalue weighted by Crippen LogP contribution is 2.21. The summed E-state index contributed by atoms with van der Waals surface area (Å²) >= 11 is 0. The molecule has 0 spiro atoms. The summed E-state index contributed by atoms with van der Waals surface area (Å²) in [5.74, 6) is -0.536. The summed E-state index contributed by atoms with van der Waals surface area (Å²) in [6.45, 7) is 1.91. The summed E-state index contributed by atoms with van der Waals surface area (Å²) in [4.78, 5) is 19.9. The standard InChI is InChI=1S/C8H9NO2.C7H6ClNO4S/c1-2-7-5-3-4-6-8(7)9(10)11;8-14(12,13)5-6-3-1-2-4-7(6)9(10)11/h3-6H,2H2,1H3;1-4H,5H2. The molecule has 2 rings (SSSR count). The van der Waals surface area contributed by atoms with Gasteiger partial charge in [-0.15, -0.1) is 0 Å². The number of hydrogen-bond acceptors (Lipinski definition) is 6. The van der Waals surface area contributed by atoms with Crippen LogP contribution in [0.4, 0.5) is 11.4 Å². The minimum Gasteiger partial charge on any atom is -0.258 e. The van der Waals surface area contributed by atoms with Crippen molar-refractivity contribution in [1.29, 1.82) is 0 Å². The zero-order valence-corrected chi connectivity index (χ0v) is 14.7. The third-order valence-corrected chi connectivity index (χ3v) is 4.07. The van der Waals surface area contributed by atoms with Gasteiger partial charge < -0.3 is 0 Å². The Hall–Kier alpha value is -2.52. The van der Waals surface area contributed by atoms with Gasteiger partial charge in [0, 0.05) is 33.9 Å². The van der Waals surface area contributed by atoms with Crippen molar-refractivity contribution in [3.63, 3.8) is 0 Å². The van der Waals surface area contributed by atoms with Crippen LogP contribution >= 0.6 is 10.7 Å². The number of nitrogens with zero attached hydrogens (tertiary/aromatic N) is 2. The molecule has 0 aliphatic rings. The first-order valence-corrected chi connectivity index (χ1v) is 9.50. The van der Waals surface area contributed by atoms with Crippen LogP contribution in [0.2, 0.25) is 0 Å². The highest BCUT2D eigenvalue weighted by molar-refractivity contribution is 8.13. The normalized spacial score (nSPS) is 10.5. The number of halogens is 1. The van der Waals surface area contributed by atoms with E-state index in [9.17, 15) is 28.6 Å². The Bertz CT molecular complexity index is 870. The molecule has 0 unspecified atom stereocenters. The summed E-state index contributed by atoms with van der Waals surface area (Å²) in [7, 11) is 1.23. The van der Waals surface area contributed by atoms with Crippen molar-refractivity contribution in [2.75, 3.05) is 0 Å². The van der Waals surface area contributed by atoms with E-state index in [1.54, 1.807) is 12.1 Å². The Morgan fingerprint density at radius 3 is 1.64 bits per heavy atom. The second kappa shape index (κ2) is 9.09. The Kier molecular flexibility index (Phi) is 7.46. The van der Waals surface area contributed by atoms with Crippen LogP contribution in [0.1, 0.15) is 18.1 Å². The van der Waals surface area contributed by atoms with Crippen LogP contribution in [0.25, 0.3) is 0 Å². The fourth-order valence-electron chi connectivity index (χ4n) is 1.98. The SMILES string of the molecule is CCc1ccccc1[N+](=O)[O-].O=[N+]([O-])c1ccccc1CS(=O)(=O)Cl. The number of benzene rings is 2. The van der Waals surface area contributed by atoms with E-state index in [1.165, 1.54) is 30.3 Å². The molecule has 0 aliphatic carbocycles. The maximum absolute atomic E-state index is 10.7. The van der Waals surface area contributed by atoms with Gasteiger partial charge in [-0.25, -0.2) is 8.42 Å². The second-order valence-corrected chi connectivity index (χ2v) is 7.59. The van der Waals surface area contributed by atoms with Gasteiger partial charge in [-0.1, -0.05) is 43.3 Å². The van der Waals surface area contributed by atoms with E-state index in [4.69, 9.17) is 10.7 Å². The Morgan fingerprint density at radius 2 is 1.28 bits per heavy atom. The van der Waals surface area contributed by atoms with E-state index >= 15 is 0 Å². The van der Waals surface area contributed by atoms with Crippen molar-refractivity contribution in [3.8, 4) is 0 Å². The van der Waals surface area contributed by atoms with E-state index in [0.29, 0.717) is 6.42 Å². The minimum absolute atomic E-state index is 0.0903. The zero-order chi connectivity index (χ0) is 19.0. The van der Waals surface area contributed by atoms with E-state index in [1.807, 2.05) is 13.0 Å². The Labute approximate surface area is 148 Å². The largest absolute Gasteiger partial charge is 0.273 e. The molecule has 0 aromatic heterocycles. The molecule has 0 fully saturated rings. The van der Waals surface area contributed by atoms with Gasteiger partial charge in [0.05, 0.1) is 15.6 Å². The van der Waals surface area contributed by atoms with E-state index in [2.05, 4.69) is 0 Å². The topological polar surface area (TPSA) is 120 Å². The van der Waals surface area contributed by atoms with Crippen molar-refractivity contribution in [2.24, 2.45) is 0 Å². The first-order valence-electron chi connectivity index (χ1n) is 7.02. The van der Waals surface area contributed by atoms with Gasteiger partial charge in [-0.05, 0) is 6.42 Å². The summed E-state index contributed by atoms with van der Waals surface area (Å²) < 4.78 is 21.4. The Balaban J connectivity index is 0.000000257. The maximum Gasteiger partial charge on any atom is 0.273 e. The molecule has 0 aliphatic heterocycles. The third-order valence-electron chi connectivity index (χ3n) is 3.09. The summed E-state index contributed by atoms with van der Waals surface area (Å²) in [5, 5.41) is 20.9. The van der Waals surface area contributed by atoms with Crippen LogP contribution in [0, 0.1) is 20.2 Å². The van der Waals surface area contributed by atoms with Crippen LogP contribution in [0.15, 0.2) is 48.5 Å². The maximum atomic E-state index is 10.7. The molecular weight excluding hydrogens is 372 g/mol. The molecule has 0 amide bonds. The van der Waals surface area contributed by atoms with Crippen molar-refractivity contribution in [3.05, 3.63) is 79.9 Å². The van der Waals surface area contributed by atoms with Gasteiger partial charge in [-0.2, -0.15) is 0 Å². The van der Waals surface area contributed by atoms with E-state index in [0.717, 1.165) is 5.56 Å². The summed E-state index contributed by atoms with van der Waals surface area (Å²) in [5.41, 5.74) is 0.858. The predicted octanol–water partition coefficient (Wildman–Crippen LogP) is 3.82. The third kappa shape index (κ3) is 6.86. The summed E-state index contributed by atoms with van der Waals surface area (Å²) in [6.07, 6.45) is 0.706. The number of rotatable bonds is 5. The van der Waals surface area contributed by atoms with Gasteiger partial charge in [0.1, 0.15) is 0 Å². The molecule has 0 saturated carbocycles. The molecule has 2 aromatic carbocycles. The quantitative estimate of drug-likeness (QED) is 0.437. The molecule has 0 saturated heterocycles. The molecular formula is C15H15ClN2O6S. The molecule has 134 valence electrons. The molecule has 0 bridgehead atoms. The molecule has 2 aromatic rings. The molecule has 0 radical (unpaired) electrons. The van der Waals surface area contributed by atoms with Crippen molar-refractivity contribution in [2.45, 2.75) is 19.1 Å². The predicted molar refractivity (Wildman–Crippen MR) is 94.0 cm³/mol. The fraction of sp³-hybridized carbons (Fsp3) is 0.200. The van der Waals surface area contributed by atoms with E-state index in [-0.39, 0.29) is 21.9 Å². The average Bonchev–Trinajstić information content (AvgIpc) is 2.54. The monoisotopic (exact) mass is 386 g/mol. The van der Waals surface area contributed by atoms with Crippen molar-refractivity contribution < 1.29 is 18.3 Å². The number of aryl methyl sites for hydroxylation is 1. The van der Waals surface area contributed by atoms with Crippen LogP contribution in [-0.4, -0.2) is 18.3 Å². The lowest BCUT2D eigenvalue weighted by Gasteiger charge is -1.98. The molecule has 25 heavy (non-hydrogen) atoms.